The van der Waals surface area contributed by atoms with E-state index in [0.29, 0.717) is 29.9 Å². The maximum Gasteiger partial charge on any atom is 0.337 e. The van der Waals surface area contributed by atoms with Gasteiger partial charge in [-0.2, -0.15) is 0 Å². The van der Waals surface area contributed by atoms with Crippen molar-refractivity contribution in [2.24, 2.45) is 0 Å². The molecule has 1 heterocycles. The van der Waals surface area contributed by atoms with Crippen LogP contribution < -0.4 is 10.1 Å². The number of nitrogens with one attached hydrogen (secondary N) is 2. The van der Waals surface area contributed by atoms with Gasteiger partial charge in [0.15, 0.2) is 0 Å². The molecule has 1 aromatic heterocycles. The fourth-order valence-electron chi connectivity index (χ4n) is 3.47. The highest BCUT2D eigenvalue weighted by molar-refractivity contribution is 5.98. The minimum Gasteiger partial charge on any atom is -0.496 e. The zero-order valence-electron chi connectivity index (χ0n) is 18.4. The number of rotatable bonds is 8. The van der Waals surface area contributed by atoms with E-state index in [1.807, 2.05) is 44.3 Å². The van der Waals surface area contributed by atoms with Gasteiger partial charge in [0.05, 0.1) is 19.8 Å². The maximum atomic E-state index is 12.2. The fraction of sp³-hybridized carbons (Fsp3) is 0.280. The first kappa shape index (κ1) is 22.2. The summed E-state index contributed by atoms with van der Waals surface area (Å²) >= 11 is 0. The van der Waals surface area contributed by atoms with Crippen LogP contribution >= 0.6 is 0 Å². The summed E-state index contributed by atoms with van der Waals surface area (Å²) in [7, 11) is 2.94. The van der Waals surface area contributed by atoms with Gasteiger partial charge in [-0.25, -0.2) is 4.79 Å². The van der Waals surface area contributed by atoms with Crippen LogP contribution in [0.4, 0.5) is 0 Å². The number of H-pyrrole nitrogens is 1. The fourth-order valence-corrected chi connectivity index (χ4v) is 3.47. The highest BCUT2D eigenvalue weighted by Crippen LogP contribution is 2.28. The average Bonchev–Trinajstić information content (AvgIpc) is 3.18. The Hall–Kier alpha value is -3.54. The van der Waals surface area contributed by atoms with Gasteiger partial charge in [0, 0.05) is 35.6 Å². The van der Waals surface area contributed by atoms with Crippen molar-refractivity contribution in [3.63, 3.8) is 0 Å². The Labute approximate surface area is 182 Å². The van der Waals surface area contributed by atoms with Gasteiger partial charge >= 0.3 is 5.97 Å². The van der Waals surface area contributed by atoms with E-state index in [-0.39, 0.29) is 5.91 Å². The Morgan fingerprint density at radius 1 is 1.10 bits per heavy atom. The number of amides is 1. The molecular weight excluding hydrogens is 392 g/mol. The SMILES string of the molecule is CCCNC(=O)/C(C)=C\c1ccc2[nH]cc(Cc3ccc(C(=O)OC)cc3OC)c2c1. The molecule has 0 aliphatic rings. The number of aromatic nitrogens is 1. The summed E-state index contributed by atoms with van der Waals surface area (Å²) in [5.74, 6) is 0.190. The third-order valence-electron chi connectivity index (χ3n) is 5.16. The lowest BCUT2D eigenvalue weighted by Gasteiger charge is -2.10. The summed E-state index contributed by atoms with van der Waals surface area (Å²) in [6.07, 6.45) is 5.41. The first-order valence-corrected chi connectivity index (χ1v) is 10.3. The van der Waals surface area contributed by atoms with Gasteiger partial charge in [-0.1, -0.05) is 19.1 Å². The Kier molecular flexibility index (Phi) is 7.13. The predicted octanol–water partition coefficient (Wildman–Crippen LogP) is 4.48. The molecule has 0 unspecified atom stereocenters. The number of methoxy groups -OCH3 is 2. The standard InChI is InChI=1S/C25H28N2O4/c1-5-10-26-24(28)16(2)11-17-6-9-22-21(12-17)20(15-27-22)13-18-7-8-19(25(29)31-4)14-23(18)30-3/h6-9,11-12,14-15,27H,5,10,13H2,1-4H3,(H,26,28)/b16-11-. The van der Waals surface area contributed by atoms with Crippen LogP contribution in [-0.2, 0) is 16.0 Å². The van der Waals surface area contributed by atoms with Crippen molar-refractivity contribution >= 4 is 28.9 Å². The molecular formula is C25H28N2O4. The molecule has 0 atom stereocenters. The highest BCUT2D eigenvalue weighted by atomic mass is 16.5. The van der Waals surface area contributed by atoms with Crippen LogP contribution in [0.15, 0.2) is 48.2 Å². The van der Waals surface area contributed by atoms with E-state index >= 15 is 0 Å². The van der Waals surface area contributed by atoms with Gasteiger partial charge in [0.25, 0.3) is 0 Å². The second-order valence-electron chi connectivity index (χ2n) is 7.40. The molecule has 31 heavy (non-hydrogen) atoms. The largest absolute Gasteiger partial charge is 0.496 e. The first-order valence-electron chi connectivity index (χ1n) is 10.3. The molecule has 1 amide bonds. The van der Waals surface area contributed by atoms with Gasteiger partial charge in [-0.3, -0.25) is 4.79 Å². The van der Waals surface area contributed by atoms with E-state index < -0.39 is 5.97 Å². The number of aromatic amines is 1. The monoisotopic (exact) mass is 420 g/mol. The number of benzene rings is 2. The number of esters is 1. The van der Waals surface area contributed by atoms with E-state index in [9.17, 15) is 9.59 Å². The van der Waals surface area contributed by atoms with Crippen molar-refractivity contribution in [1.29, 1.82) is 0 Å². The minimum atomic E-state index is -0.397. The van der Waals surface area contributed by atoms with Crippen LogP contribution in [0, 0.1) is 0 Å². The molecule has 0 aliphatic heterocycles. The Morgan fingerprint density at radius 3 is 2.61 bits per heavy atom. The summed E-state index contributed by atoms with van der Waals surface area (Å²) < 4.78 is 10.3. The second kappa shape index (κ2) is 9.98. The lowest BCUT2D eigenvalue weighted by molar-refractivity contribution is -0.117. The van der Waals surface area contributed by atoms with E-state index in [1.54, 1.807) is 19.2 Å². The summed E-state index contributed by atoms with van der Waals surface area (Å²) in [5, 5.41) is 3.98. The molecule has 0 fully saturated rings. The van der Waals surface area contributed by atoms with Crippen LogP contribution in [0.1, 0.15) is 47.3 Å². The first-order chi connectivity index (χ1) is 15.0. The smallest absolute Gasteiger partial charge is 0.337 e. The molecule has 0 radical (unpaired) electrons. The van der Waals surface area contributed by atoms with Gasteiger partial charge in [-0.15, -0.1) is 0 Å². The molecule has 3 rings (SSSR count). The maximum absolute atomic E-state index is 12.2. The molecule has 0 saturated heterocycles. The highest BCUT2D eigenvalue weighted by Gasteiger charge is 2.13. The van der Waals surface area contributed by atoms with Crippen molar-refractivity contribution in [2.45, 2.75) is 26.7 Å². The third-order valence-corrected chi connectivity index (χ3v) is 5.16. The van der Waals surface area contributed by atoms with E-state index in [2.05, 4.69) is 16.4 Å². The Morgan fingerprint density at radius 2 is 1.90 bits per heavy atom. The van der Waals surface area contributed by atoms with E-state index in [0.717, 1.165) is 34.0 Å². The quantitative estimate of drug-likeness (QED) is 0.416. The van der Waals surface area contributed by atoms with Crippen molar-refractivity contribution < 1.29 is 19.1 Å². The number of hydrogen-bond acceptors (Lipinski definition) is 4. The molecule has 6 heteroatoms. The molecule has 0 aliphatic carbocycles. The van der Waals surface area contributed by atoms with Crippen molar-refractivity contribution in [1.82, 2.24) is 10.3 Å². The van der Waals surface area contributed by atoms with Crippen LogP contribution in [0.5, 0.6) is 5.75 Å². The molecule has 162 valence electrons. The third kappa shape index (κ3) is 5.15. The van der Waals surface area contributed by atoms with E-state index in [4.69, 9.17) is 9.47 Å². The number of ether oxygens (including phenoxy) is 2. The van der Waals surface area contributed by atoms with Gasteiger partial charge in [0.1, 0.15) is 5.75 Å². The minimum absolute atomic E-state index is 0.0494. The average molecular weight is 421 g/mol. The second-order valence-corrected chi connectivity index (χ2v) is 7.40. The van der Waals surface area contributed by atoms with Crippen LogP contribution in [0.3, 0.4) is 0 Å². The molecule has 6 nitrogen and oxygen atoms in total. The summed E-state index contributed by atoms with van der Waals surface area (Å²) in [4.78, 5) is 27.3. The van der Waals surface area contributed by atoms with Gasteiger partial charge in [0.2, 0.25) is 5.91 Å². The van der Waals surface area contributed by atoms with Crippen LogP contribution in [0.2, 0.25) is 0 Å². The van der Waals surface area contributed by atoms with Crippen LogP contribution in [0.25, 0.3) is 17.0 Å². The summed E-state index contributed by atoms with van der Waals surface area (Å²) in [6.45, 7) is 4.52. The Balaban J connectivity index is 1.90. The Bertz CT molecular complexity index is 1130. The zero-order valence-corrected chi connectivity index (χ0v) is 18.4. The van der Waals surface area contributed by atoms with Gasteiger partial charge in [-0.05, 0) is 60.4 Å². The zero-order chi connectivity index (χ0) is 22.4. The molecule has 0 spiro atoms. The summed E-state index contributed by atoms with van der Waals surface area (Å²) in [5.41, 5.74) is 5.17. The number of fused-ring (bicyclic) bond motifs is 1. The number of carbonyl (C=O) groups excluding carboxylic acids is 2. The van der Waals surface area contributed by atoms with E-state index in [1.165, 1.54) is 7.11 Å². The molecule has 2 aromatic carbocycles. The predicted molar refractivity (Wildman–Crippen MR) is 122 cm³/mol. The number of hydrogen-bond donors (Lipinski definition) is 2. The topological polar surface area (TPSA) is 80.4 Å². The normalized spacial score (nSPS) is 11.4. The van der Waals surface area contributed by atoms with Crippen LogP contribution in [-0.4, -0.2) is 37.6 Å². The molecule has 2 N–H and O–H groups in total. The molecule has 0 bridgehead atoms. The lowest BCUT2D eigenvalue weighted by atomic mass is 10.00. The van der Waals surface area contributed by atoms with Crippen molar-refractivity contribution in [2.75, 3.05) is 20.8 Å². The van der Waals surface area contributed by atoms with Crippen molar-refractivity contribution in [3.8, 4) is 5.75 Å². The van der Waals surface area contributed by atoms with Crippen molar-refractivity contribution in [3.05, 3.63) is 70.4 Å². The molecule has 0 saturated carbocycles. The summed E-state index contributed by atoms with van der Waals surface area (Å²) in [6, 6.07) is 11.4. The number of carbonyl (C=O) groups is 2. The lowest BCUT2D eigenvalue weighted by Crippen LogP contribution is -2.24. The van der Waals surface area contributed by atoms with Gasteiger partial charge < -0.3 is 19.8 Å². The molecule has 3 aromatic rings.